The maximum absolute atomic E-state index is 14.4. The van der Waals surface area contributed by atoms with Gasteiger partial charge in [-0.3, -0.25) is 4.79 Å². The molecule has 178 valence electrons. The minimum absolute atomic E-state index is 0.0656. The largest absolute Gasteiger partial charge is 0.496 e. The molecule has 0 heterocycles. The van der Waals surface area contributed by atoms with Gasteiger partial charge in [0.1, 0.15) is 17.4 Å². The fraction of sp³-hybridized carbons (Fsp3) is 0.333. The number of ether oxygens (including phenoxy) is 3. The van der Waals surface area contributed by atoms with Gasteiger partial charge in [0.25, 0.3) is 0 Å². The molecule has 1 unspecified atom stereocenters. The molecule has 4 rings (SSSR count). The molecule has 0 saturated heterocycles. The number of carboxylic acid groups (broad SMARTS) is 1. The van der Waals surface area contributed by atoms with E-state index in [2.05, 4.69) is 0 Å². The van der Waals surface area contributed by atoms with Gasteiger partial charge in [-0.15, -0.1) is 0 Å². The van der Waals surface area contributed by atoms with Gasteiger partial charge in [0, 0.05) is 12.1 Å². The van der Waals surface area contributed by atoms with Crippen molar-refractivity contribution >= 4 is 22.7 Å². The van der Waals surface area contributed by atoms with Gasteiger partial charge in [-0.2, -0.15) is 0 Å². The molecule has 1 saturated carbocycles. The van der Waals surface area contributed by atoms with E-state index in [1.807, 2.05) is 49.4 Å². The van der Waals surface area contributed by atoms with Crippen molar-refractivity contribution in [3.63, 3.8) is 0 Å². The second-order valence-electron chi connectivity index (χ2n) is 8.53. The van der Waals surface area contributed by atoms with Crippen LogP contribution in [0.2, 0.25) is 0 Å². The molecule has 0 aliphatic heterocycles. The first-order valence-electron chi connectivity index (χ1n) is 11.3. The first-order valence-corrected chi connectivity index (χ1v) is 11.3. The molecule has 0 radical (unpaired) electrons. The standard InChI is InChI=1S/C27H27FO6/c1-16(20-9-5-7-17-6-3-4-8-21(17)20)33-27(31)18-10-12-19(13-11-18)34-25-14-22(26(29)30)24(32-2)15-23(25)28/h3-9,14-16,18-19H,10-13H2,1-2H3,(H,29,30). The number of carbonyl (C=O) groups excluding carboxylic acids is 1. The molecule has 1 N–H and O–H groups in total. The van der Waals surface area contributed by atoms with Crippen LogP contribution in [0, 0.1) is 11.7 Å². The van der Waals surface area contributed by atoms with Crippen molar-refractivity contribution in [2.75, 3.05) is 7.11 Å². The lowest BCUT2D eigenvalue weighted by Gasteiger charge is -2.29. The van der Waals surface area contributed by atoms with Gasteiger partial charge >= 0.3 is 11.9 Å². The van der Waals surface area contributed by atoms with Gasteiger partial charge < -0.3 is 19.3 Å². The number of hydrogen-bond acceptors (Lipinski definition) is 5. The highest BCUT2D eigenvalue weighted by Crippen LogP contribution is 2.34. The molecular weight excluding hydrogens is 439 g/mol. The maximum Gasteiger partial charge on any atom is 0.339 e. The van der Waals surface area contributed by atoms with Gasteiger partial charge in [-0.05, 0) is 48.9 Å². The summed E-state index contributed by atoms with van der Waals surface area (Å²) in [5.74, 6) is -2.62. The zero-order chi connectivity index (χ0) is 24.2. The van der Waals surface area contributed by atoms with Crippen LogP contribution in [-0.4, -0.2) is 30.3 Å². The van der Waals surface area contributed by atoms with E-state index in [1.54, 1.807) is 0 Å². The summed E-state index contributed by atoms with van der Waals surface area (Å²) in [5, 5.41) is 11.5. The Morgan fingerprint density at radius 1 is 1.00 bits per heavy atom. The van der Waals surface area contributed by atoms with Crippen molar-refractivity contribution in [1.29, 1.82) is 0 Å². The number of hydrogen-bond donors (Lipinski definition) is 1. The molecule has 3 aromatic carbocycles. The van der Waals surface area contributed by atoms with Gasteiger partial charge in [0.2, 0.25) is 0 Å². The Morgan fingerprint density at radius 2 is 1.71 bits per heavy atom. The number of carboxylic acids is 1. The summed E-state index contributed by atoms with van der Waals surface area (Å²) in [5.41, 5.74) is 0.797. The van der Waals surface area contributed by atoms with E-state index < -0.39 is 11.8 Å². The van der Waals surface area contributed by atoms with Crippen molar-refractivity contribution in [2.24, 2.45) is 5.92 Å². The summed E-state index contributed by atoms with van der Waals surface area (Å²) >= 11 is 0. The van der Waals surface area contributed by atoms with Gasteiger partial charge in [-0.1, -0.05) is 42.5 Å². The Kier molecular flexibility index (Phi) is 7.01. The smallest absolute Gasteiger partial charge is 0.339 e. The van der Waals surface area contributed by atoms with E-state index in [4.69, 9.17) is 14.2 Å². The zero-order valence-corrected chi connectivity index (χ0v) is 19.1. The minimum Gasteiger partial charge on any atom is -0.496 e. The van der Waals surface area contributed by atoms with Gasteiger partial charge in [0.15, 0.2) is 11.6 Å². The van der Waals surface area contributed by atoms with Crippen LogP contribution in [0.3, 0.4) is 0 Å². The molecule has 1 aliphatic carbocycles. The molecule has 0 bridgehead atoms. The summed E-state index contributed by atoms with van der Waals surface area (Å²) in [6.45, 7) is 1.88. The normalized spacial score (nSPS) is 18.8. The van der Waals surface area contributed by atoms with E-state index in [0.29, 0.717) is 25.7 Å². The van der Waals surface area contributed by atoms with Crippen LogP contribution in [0.5, 0.6) is 11.5 Å². The van der Waals surface area contributed by atoms with Gasteiger partial charge in [0.05, 0.1) is 19.1 Å². The highest BCUT2D eigenvalue weighted by molar-refractivity contribution is 5.91. The molecule has 0 aromatic heterocycles. The molecule has 0 amide bonds. The molecule has 1 aliphatic rings. The monoisotopic (exact) mass is 466 g/mol. The molecule has 0 spiro atoms. The van der Waals surface area contributed by atoms with Crippen LogP contribution in [0.15, 0.2) is 54.6 Å². The fourth-order valence-electron chi connectivity index (χ4n) is 4.50. The highest BCUT2D eigenvalue weighted by Gasteiger charge is 2.30. The van der Waals surface area contributed by atoms with Crippen LogP contribution in [-0.2, 0) is 9.53 Å². The Hall–Kier alpha value is -3.61. The fourth-order valence-corrected chi connectivity index (χ4v) is 4.50. The van der Waals surface area contributed by atoms with E-state index in [1.165, 1.54) is 7.11 Å². The summed E-state index contributed by atoms with van der Waals surface area (Å²) < 4.78 is 30.9. The van der Waals surface area contributed by atoms with Crippen molar-refractivity contribution in [2.45, 2.75) is 44.8 Å². The number of methoxy groups -OCH3 is 1. The Labute approximate surface area is 197 Å². The lowest BCUT2D eigenvalue weighted by atomic mass is 9.87. The third-order valence-electron chi connectivity index (χ3n) is 6.34. The number of carbonyl (C=O) groups is 2. The number of esters is 1. The highest BCUT2D eigenvalue weighted by atomic mass is 19.1. The first kappa shape index (κ1) is 23.5. The topological polar surface area (TPSA) is 82.1 Å². The first-order chi connectivity index (χ1) is 16.4. The predicted octanol–water partition coefficient (Wildman–Crippen LogP) is 5.93. The Balaban J connectivity index is 1.36. The second kappa shape index (κ2) is 10.1. The van der Waals surface area contributed by atoms with Crippen molar-refractivity contribution in [3.8, 4) is 11.5 Å². The Bertz CT molecular complexity index is 1190. The van der Waals surface area contributed by atoms with E-state index in [9.17, 15) is 19.1 Å². The molecule has 1 atom stereocenters. The summed E-state index contributed by atoms with van der Waals surface area (Å²) in [4.78, 5) is 24.2. The van der Waals surface area contributed by atoms with E-state index >= 15 is 0 Å². The van der Waals surface area contributed by atoms with Crippen LogP contribution in [0.25, 0.3) is 10.8 Å². The molecule has 3 aromatic rings. The summed E-state index contributed by atoms with van der Waals surface area (Å²) in [7, 11) is 1.28. The predicted molar refractivity (Wildman–Crippen MR) is 125 cm³/mol. The van der Waals surface area contributed by atoms with Crippen LogP contribution in [0.1, 0.15) is 54.6 Å². The summed E-state index contributed by atoms with van der Waals surface area (Å²) in [6.07, 6.45) is 1.48. The van der Waals surface area contributed by atoms with Crippen LogP contribution < -0.4 is 9.47 Å². The van der Waals surface area contributed by atoms with Crippen LogP contribution >= 0.6 is 0 Å². The average Bonchev–Trinajstić information content (AvgIpc) is 2.84. The average molecular weight is 467 g/mol. The molecule has 34 heavy (non-hydrogen) atoms. The SMILES string of the molecule is COc1cc(F)c(OC2CCC(C(=O)OC(C)c3cccc4ccccc34)CC2)cc1C(=O)O. The number of rotatable bonds is 7. The number of aromatic carboxylic acids is 1. The van der Waals surface area contributed by atoms with Crippen LogP contribution in [0.4, 0.5) is 4.39 Å². The zero-order valence-electron chi connectivity index (χ0n) is 19.1. The lowest BCUT2D eigenvalue weighted by molar-refractivity contribution is -0.155. The molecular formula is C27H27FO6. The second-order valence-corrected chi connectivity index (χ2v) is 8.53. The number of halogens is 1. The minimum atomic E-state index is -1.23. The maximum atomic E-state index is 14.4. The Morgan fingerprint density at radius 3 is 2.41 bits per heavy atom. The van der Waals surface area contributed by atoms with Gasteiger partial charge in [-0.25, -0.2) is 9.18 Å². The van der Waals surface area contributed by atoms with E-state index in [-0.39, 0.29) is 41.2 Å². The molecule has 6 nitrogen and oxygen atoms in total. The third kappa shape index (κ3) is 4.98. The molecule has 1 fully saturated rings. The quantitative estimate of drug-likeness (QED) is 0.435. The van der Waals surface area contributed by atoms with Crippen molar-refractivity contribution < 1.29 is 33.3 Å². The van der Waals surface area contributed by atoms with E-state index in [0.717, 1.165) is 28.5 Å². The number of fused-ring (bicyclic) bond motifs is 1. The van der Waals surface area contributed by atoms with Crippen molar-refractivity contribution in [3.05, 3.63) is 71.5 Å². The molecule has 7 heteroatoms. The third-order valence-corrected chi connectivity index (χ3v) is 6.34. The number of benzene rings is 3. The lowest BCUT2D eigenvalue weighted by Crippen LogP contribution is -2.29. The van der Waals surface area contributed by atoms with Crippen molar-refractivity contribution in [1.82, 2.24) is 0 Å². The summed E-state index contributed by atoms with van der Waals surface area (Å²) in [6, 6.07) is 16.1.